The Hall–Kier alpha value is -3.70. The molecule has 5 nitrogen and oxygen atoms in total. The molecule has 3 aromatic rings. The van der Waals surface area contributed by atoms with Crippen LogP contribution in [0.4, 0.5) is 11.4 Å². The fraction of sp³-hybridized carbons (Fsp3) is 0.267. The third-order valence-electron chi connectivity index (χ3n) is 6.28. The van der Waals surface area contributed by atoms with Crippen LogP contribution in [-0.2, 0) is 11.3 Å². The minimum Gasteiger partial charge on any atom is -0.473 e. The maximum atomic E-state index is 6.12. The SMILES string of the molecule is CC1/C=C\C=C/C(C)OCN(c2ccc(Oc3ccc(N4COc5ccccc5C4)cc3)cc2)C1. The van der Waals surface area contributed by atoms with E-state index in [1.54, 1.807) is 0 Å². The number of anilines is 2. The predicted octanol–water partition coefficient (Wildman–Crippen LogP) is 6.77. The average Bonchev–Trinajstić information content (AvgIpc) is 2.89. The summed E-state index contributed by atoms with van der Waals surface area (Å²) < 4.78 is 18.0. The molecule has 5 rings (SSSR count). The molecule has 2 heterocycles. The fourth-order valence-corrected chi connectivity index (χ4v) is 4.30. The van der Waals surface area contributed by atoms with E-state index in [1.165, 1.54) is 5.56 Å². The van der Waals surface area contributed by atoms with Crippen LogP contribution < -0.4 is 19.3 Å². The van der Waals surface area contributed by atoms with Crippen LogP contribution in [0, 0.1) is 5.92 Å². The quantitative estimate of drug-likeness (QED) is 0.422. The monoisotopic (exact) mass is 468 g/mol. The van der Waals surface area contributed by atoms with Gasteiger partial charge >= 0.3 is 0 Å². The van der Waals surface area contributed by atoms with Gasteiger partial charge in [-0.2, -0.15) is 0 Å². The number of fused-ring (bicyclic) bond motifs is 1. The summed E-state index contributed by atoms with van der Waals surface area (Å²) in [5.41, 5.74) is 3.43. The molecule has 2 aliphatic heterocycles. The van der Waals surface area contributed by atoms with E-state index >= 15 is 0 Å². The van der Waals surface area contributed by atoms with Crippen molar-refractivity contribution in [1.82, 2.24) is 0 Å². The molecule has 0 saturated carbocycles. The van der Waals surface area contributed by atoms with E-state index in [-0.39, 0.29) is 6.10 Å². The molecule has 0 amide bonds. The number of hydrogen-bond acceptors (Lipinski definition) is 5. The first-order chi connectivity index (χ1) is 17.1. The second-order valence-corrected chi connectivity index (χ2v) is 9.14. The maximum absolute atomic E-state index is 6.12. The number of allylic oxidation sites excluding steroid dienone is 2. The molecule has 35 heavy (non-hydrogen) atoms. The molecule has 2 unspecified atom stereocenters. The Morgan fingerprint density at radius 1 is 0.743 bits per heavy atom. The molecule has 0 bridgehead atoms. The lowest BCUT2D eigenvalue weighted by Crippen LogP contribution is -2.32. The highest BCUT2D eigenvalue weighted by atomic mass is 16.5. The lowest BCUT2D eigenvalue weighted by molar-refractivity contribution is 0.0964. The first kappa shape index (κ1) is 23.1. The number of para-hydroxylation sites is 1. The Morgan fingerprint density at radius 2 is 1.40 bits per heavy atom. The van der Waals surface area contributed by atoms with Crippen LogP contribution >= 0.6 is 0 Å². The predicted molar refractivity (Wildman–Crippen MR) is 141 cm³/mol. The van der Waals surface area contributed by atoms with Gasteiger partial charge in [-0.3, -0.25) is 0 Å². The van der Waals surface area contributed by atoms with E-state index in [2.05, 4.69) is 78.3 Å². The highest BCUT2D eigenvalue weighted by Crippen LogP contribution is 2.30. The Morgan fingerprint density at radius 3 is 2.14 bits per heavy atom. The van der Waals surface area contributed by atoms with Crippen LogP contribution in [0.25, 0.3) is 0 Å². The van der Waals surface area contributed by atoms with Crippen molar-refractivity contribution in [3.63, 3.8) is 0 Å². The summed E-state index contributed by atoms with van der Waals surface area (Å²) in [4.78, 5) is 4.48. The van der Waals surface area contributed by atoms with Gasteiger partial charge in [-0.1, -0.05) is 49.4 Å². The van der Waals surface area contributed by atoms with Gasteiger partial charge in [0.05, 0.1) is 6.10 Å². The van der Waals surface area contributed by atoms with Crippen LogP contribution in [0.2, 0.25) is 0 Å². The molecule has 0 spiro atoms. The summed E-state index contributed by atoms with van der Waals surface area (Å²) in [6.45, 7) is 7.11. The number of benzene rings is 3. The van der Waals surface area contributed by atoms with E-state index in [0.29, 0.717) is 19.4 Å². The van der Waals surface area contributed by atoms with Gasteiger partial charge in [0.15, 0.2) is 6.73 Å². The molecular weight excluding hydrogens is 436 g/mol. The van der Waals surface area contributed by atoms with Crippen LogP contribution in [0.15, 0.2) is 97.1 Å². The normalized spacial score (nSPS) is 22.0. The van der Waals surface area contributed by atoms with Gasteiger partial charge in [0.1, 0.15) is 24.0 Å². The minimum atomic E-state index is 0.0763. The van der Waals surface area contributed by atoms with Gasteiger partial charge in [-0.15, -0.1) is 0 Å². The third kappa shape index (κ3) is 5.87. The van der Waals surface area contributed by atoms with Crippen molar-refractivity contribution in [2.24, 2.45) is 5.92 Å². The first-order valence-electron chi connectivity index (χ1n) is 12.2. The van der Waals surface area contributed by atoms with Crippen molar-refractivity contribution in [1.29, 1.82) is 0 Å². The molecule has 2 atom stereocenters. The van der Waals surface area contributed by atoms with Gasteiger partial charge in [0.2, 0.25) is 0 Å². The zero-order valence-corrected chi connectivity index (χ0v) is 20.3. The van der Waals surface area contributed by atoms with Gasteiger partial charge in [0.25, 0.3) is 0 Å². The molecule has 0 aliphatic carbocycles. The van der Waals surface area contributed by atoms with Crippen LogP contribution in [0.3, 0.4) is 0 Å². The van der Waals surface area contributed by atoms with Gasteiger partial charge < -0.3 is 24.0 Å². The molecule has 0 N–H and O–H groups in total. The number of hydrogen-bond donors (Lipinski definition) is 0. The first-order valence-corrected chi connectivity index (χ1v) is 12.2. The molecule has 2 aliphatic rings. The largest absolute Gasteiger partial charge is 0.473 e. The maximum Gasteiger partial charge on any atom is 0.161 e. The average molecular weight is 469 g/mol. The van der Waals surface area contributed by atoms with E-state index in [4.69, 9.17) is 14.2 Å². The van der Waals surface area contributed by atoms with E-state index in [1.807, 2.05) is 42.5 Å². The van der Waals surface area contributed by atoms with Crippen LogP contribution in [0.5, 0.6) is 17.2 Å². The fourth-order valence-electron chi connectivity index (χ4n) is 4.30. The lowest BCUT2D eigenvalue weighted by atomic mass is 10.1. The second kappa shape index (κ2) is 10.7. The van der Waals surface area contributed by atoms with E-state index in [0.717, 1.165) is 41.7 Å². The summed E-state index contributed by atoms with van der Waals surface area (Å²) in [5, 5.41) is 0. The smallest absolute Gasteiger partial charge is 0.161 e. The van der Waals surface area contributed by atoms with Crippen molar-refractivity contribution in [2.45, 2.75) is 26.5 Å². The van der Waals surface area contributed by atoms with Crippen molar-refractivity contribution >= 4 is 11.4 Å². The molecule has 180 valence electrons. The van der Waals surface area contributed by atoms with Crippen molar-refractivity contribution in [2.75, 3.05) is 29.8 Å². The van der Waals surface area contributed by atoms with Crippen molar-refractivity contribution < 1.29 is 14.2 Å². The lowest BCUT2D eigenvalue weighted by Gasteiger charge is -2.30. The van der Waals surface area contributed by atoms with E-state index in [9.17, 15) is 0 Å². The molecule has 3 aromatic carbocycles. The van der Waals surface area contributed by atoms with Crippen molar-refractivity contribution in [3.8, 4) is 17.2 Å². The standard InChI is InChI=1S/C30H32N2O3/c1-23-7-3-4-8-24(2)33-21-31(19-23)26-11-15-28(16-12-26)35-29-17-13-27(14-18-29)32-20-25-9-5-6-10-30(25)34-22-32/h3-18,23-24H,19-22H2,1-2H3/b7-3-,8-4-. The Labute approximate surface area is 207 Å². The molecule has 0 radical (unpaired) electrons. The zero-order chi connectivity index (χ0) is 24.0. The second-order valence-electron chi connectivity index (χ2n) is 9.14. The third-order valence-corrected chi connectivity index (χ3v) is 6.28. The number of nitrogens with zero attached hydrogens (tertiary/aromatic N) is 2. The van der Waals surface area contributed by atoms with E-state index < -0.39 is 0 Å². The molecular formula is C30H32N2O3. The Balaban J connectivity index is 1.22. The number of rotatable bonds is 4. The van der Waals surface area contributed by atoms with Gasteiger partial charge in [0, 0.05) is 30.0 Å². The summed E-state index contributed by atoms with van der Waals surface area (Å²) in [7, 11) is 0. The molecule has 5 heteroatoms. The zero-order valence-electron chi connectivity index (χ0n) is 20.3. The van der Waals surface area contributed by atoms with Crippen LogP contribution in [-0.4, -0.2) is 26.1 Å². The Kier molecular flexibility index (Phi) is 7.05. The molecule has 0 aromatic heterocycles. The van der Waals surface area contributed by atoms with Crippen LogP contribution in [0.1, 0.15) is 19.4 Å². The summed E-state index contributed by atoms with van der Waals surface area (Å²) in [5.74, 6) is 3.01. The minimum absolute atomic E-state index is 0.0763. The van der Waals surface area contributed by atoms with Gasteiger partial charge in [-0.05, 0) is 67.4 Å². The summed E-state index contributed by atoms with van der Waals surface area (Å²) in [6, 6.07) is 24.6. The molecule has 0 fully saturated rings. The highest BCUT2D eigenvalue weighted by Gasteiger charge is 2.17. The van der Waals surface area contributed by atoms with Gasteiger partial charge in [-0.25, -0.2) is 0 Å². The highest BCUT2D eigenvalue weighted by molar-refractivity contribution is 5.53. The molecule has 0 saturated heterocycles. The topological polar surface area (TPSA) is 34.2 Å². The number of ether oxygens (including phenoxy) is 3. The Bertz CT molecular complexity index is 1170. The summed E-state index contributed by atoms with van der Waals surface area (Å²) in [6.07, 6.45) is 8.55. The van der Waals surface area contributed by atoms with Crippen molar-refractivity contribution in [3.05, 3.63) is 103 Å². The summed E-state index contributed by atoms with van der Waals surface area (Å²) >= 11 is 0.